The number of H-pyrrole nitrogens is 1. The molecule has 0 bridgehead atoms. The Morgan fingerprint density at radius 1 is 1.24 bits per heavy atom. The number of carbonyl (C=O) groups is 1. The fourth-order valence-corrected chi connectivity index (χ4v) is 4.81. The lowest BCUT2D eigenvalue weighted by atomic mass is 10.00. The first-order valence-electron chi connectivity index (χ1n) is 12.0. The Morgan fingerprint density at radius 2 is 2.03 bits per heavy atom. The van der Waals surface area contributed by atoms with E-state index in [9.17, 15) is 9.90 Å². The Labute approximate surface area is 198 Å². The van der Waals surface area contributed by atoms with Gasteiger partial charge >= 0.3 is 0 Å². The number of fused-ring (bicyclic) bond motifs is 2. The summed E-state index contributed by atoms with van der Waals surface area (Å²) < 4.78 is 0. The van der Waals surface area contributed by atoms with E-state index < -0.39 is 6.10 Å². The van der Waals surface area contributed by atoms with Crippen molar-refractivity contribution in [3.05, 3.63) is 41.6 Å². The van der Waals surface area contributed by atoms with Gasteiger partial charge in [-0.1, -0.05) is 24.3 Å². The van der Waals surface area contributed by atoms with Crippen molar-refractivity contribution in [2.24, 2.45) is 0 Å². The molecular weight excluding hydrogens is 432 g/mol. The topological polar surface area (TPSA) is 122 Å². The standard InChI is InChI=1S/C24H32N8O2/c1-16(33)32-10-7-19(8-11-32)27-24-26-13-21-22(28-24)23(30-29-21)25-12-20(34)15-31-9-6-17-4-2-3-5-18(17)14-31/h2-5,13,19-20,34H,6-12,14-15H2,1H3,(H2,25,29,30)(H,26,27,28). The van der Waals surface area contributed by atoms with Crippen LogP contribution in [0.2, 0.25) is 0 Å². The summed E-state index contributed by atoms with van der Waals surface area (Å²) in [4.78, 5) is 24.7. The minimum atomic E-state index is -0.525. The van der Waals surface area contributed by atoms with Crippen LogP contribution in [0.15, 0.2) is 30.5 Å². The van der Waals surface area contributed by atoms with E-state index in [2.05, 4.69) is 60.0 Å². The Hall–Kier alpha value is -3.24. The number of aromatic nitrogens is 4. The lowest BCUT2D eigenvalue weighted by molar-refractivity contribution is -0.129. The molecule has 1 aromatic carbocycles. The second-order valence-electron chi connectivity index (χ2n) is 9.24. The number of anilines is 2. The van der Waals surface area contributed by atoms with Crippen molar-refractivity contribution >= 4 is 28.7 Å². The monoisotopic (exact) mass is 464 g/mol. The molecule has 1 atom stereocenters. The van der Waals surface area contributed by atoms with Crippen LogP contribution in [0.25, 0.3) is 11.0 Å². The Morgan fingerprint density at radius 3 is 2.82 bits per heavy atom. The Kier molecular flexibility index (Phi) is 6.59. The molecule has 0 radical (unpaired) electrons. The van der Waals surface area contributed by atoms with Crippen molar-refractivity contribution in [1.82, 2.24) is 30.0 Å². The molecule has 180 valence electrons. The van der Waals surface area contributed by atoms with Crippen LogP contribution in [0.5, 0.6) is 0 Å². The van der Waals surface area contributed by atoms with Crippen molar-refractivity contribution in [2.75, 3.05) is 43.4 Å². The first-order valence-corrected chi connectivity index (χ1v) is 12.0. The molecule has 1 fully saturated rings. The number of piperidine rings is 1. The third-order valence-electron chi connectivity index (χ3n) is 6.76. The average molecular weight is 465 g/mol. The molecule has 1 amide bonds. The van der Waals surface area contributed by atoms with Gasteiger partial charge in [0.05, 0.1) is 12.3 Å². The van der Waals surface area contributed by atoms with E-state index in [1.165, 1.54) is 11.1 Å². The fourth-order valence-electron chi connectivity index (χ4n) is 4.81. The minimum Gasteiger partial charge on any atom is -0.390 e. The third kappa shape index (κ3) is 5.13. The highest BCUT2D eigenvalue weighted by molar-refractivity contribution is 5.85. The second kappa shape index (κ2) is 9.94. The zero-order chi connectivity index (χ0) is 23.5. The van der Waals surface area contributed by atoms with Crippen molar-refractivity contribution in [1.29, 1.82) is 0 Å². The lowest BCUT2D eigenvalue weighted by Gasteiger charge is -2.31. The van der Waals surface area contributed by atoms with E-state index in [1.807, 2.05) is 4.90 Å². The molecule has 2 aliphatic rings. The fraction of sp³-hybridized carbons (Fsp3) is 0.500. The Balaban J connectivity index is 1.16. The smallest absolute Gasteiger partial charge is 0.223 e. The summed E-state index contributed by atoms with van der Waals surface area (Å²) in [7, 11) is 0. The summed E-state index contributed by atoms with van der Waals surface area (Å²) in [6.07, 6.45) is 3.94. The summed E-state index contributed by atoms with van der Waals surface area (Å²) in [6.45, 7) is 5.90. The SMILES string of the molecule is CC(=O)N1CCC(Nc2ncc3[nH]nc(NCC(O)CN4CCc5ccccc5C4)c3n2)CC1. The van der Waals surface area contributed by atoms with Gasteiger partial charge in [0.15, 0.2) is 5.82 Å². The first-order chi connectivity index (χ1) is 16.5. The number of hydrogen-bond donors (Lipinski definition) is 4. The van der Waals surface area contributed by atoms with Crippen LogP contribution < -0.4 is 10.6 Å². The maximum Gasteiger partial charge on any atom is 0.223 e. The van der Waals surface area contributed by atoms with Crippen LogP contribution in [0.1, 0.15) is 30.9 Å². The molecule has 3 aromatic rings. The van der Waals surface area contributed by atoms with Crippen LogP contribution in [0, 0.1) is 0 Å². The number of aliphatic hydroxyl groups excluding tert-OH is 1. The summed E-state index contributed by atoms with van der Waals surface area (Å²) >= 11 is 0. The van der Waals surface area contributed by atoms with Crippen LogP contribution in [0.3, 0.4) is 0 Å². The van der Waals surface area contributed by atoms with Gasteiger partial charge in [-0.15, -0.1) is 0 Å². The number of aromatic amines is 1. The van der Waals surface area contributed by atoms with E-state index >= 15 is 0 Å². The molecule has 4 N–H and O–H groups in total. The molecule has 2 aliphatic heterocycles. The van der Waals surface area contributed by atoms with E-state index in [0.717, 1.165) is 51.0 Å². The molecule has 10 heteroatoms. The van der Waals surface area contributed by atoms with Gasteiger partial charge in [-0.05, 0) is 30.4 Å². The lowest BCUT2D eigenvalue weighted by Crippen LogP contribution is -2.41. The molecule has 0 aliphatic carbocycles. The normalized spacial score (nSPS) is 18.0. The van der Waals surface area contributed by atoms with Crippen LogP contribution in [-0.4, -0.2) is 85.8 Å². The summed E-state index contributed by atoms with van der Waals surface area (Å²) in [5, 5.41) is 24.5. The van der Waals surface area contributed by atoms with Crippen LogP contribution >= 0.6 is 0 Å². The molecular formula is C24H32N8O2. The van der Waals surface area contributed by atoms with Crippen LogP contribution in [0.4, 0.5) is 11.8 Å². The molecule has 34 heavy (non-hydrogen) atoms. The Bertz CT molecular complexity index is 1140. The summed E-state index contributed by atoms with van der Waals surface area (Å²) in [5.74, 6) is 1.28. The molecule has 4 heterocycles. The predicted octanol–water partition coefficient (Wildman–Crippen LogP) is 1.61. The molecule has 1 unspecified atom stereocenters. The highest BCUT2D eigenvalue weighted by atomic mass is 16.3. The van der Waals surface area contributed by atoms with Gasteiger partial charge in [0.2, 0.25) is 11.9 Å². The van der Waals surface area contributed by atoms with Gasteiger partial charge < -0.3 is 20.6 Å². The zero-order valence-corrected chi connectivity index (χ0v) is 19.5. The van der Waals surface area contributed by atoms with Crippen molar-refractivity contribution < 1.29 is 9.90 Å². The average Bonchev–Trinajstić information content (AvgIpc) is 3.25. The molecule has 0 spiro atoms. The number of likely N-dealkylation sites (tertiary alicyclic amines) is 1. The van der Waals surface area contributed by atoms with E-state index in [4.69, 9.17) is 0 Å². The number of nitrogens with zero attached hydrogens (tertiary/aromatic N) is 5. The first kappa shape index (κ1) is 22.5. The van der Waals surface area contributed by atoms with Gasteiger partial charge in [-0.2, -0.15) is 5.10 Å². The van der Waals surface area contributed by atoms with E-state index in [1.54, 1.807) is 13.1 Å². The van der Waals surface area contributed by atoms with Crippen molar-refractivity contribution in [2.45, 2.75) is 44.9 Å². The number of benzene rings is 1. The quantitative estimate of drug-likeness (QED) is 0.416. The van der Waals surface area contributed by atoms with Gasteiger partial charge in [0, 0.05) is 52.2 Å². The van der Waals surface area contributed by atoms with Crippen molar-refractivity contribution in [3.8, 4) is 0 Å². The molecule has 0 saturated carbocycles. The number of amides is 1. The molecule has 1 saturated heterocycles. The minimum absolute atomic E-state index is 0.123. The van der Waals surface area contributed by atoms with Gasteiger partial charge in [0.1, 0.15) is 11.0 Å². The number of nitrogens with one attached hydrogen (secondary N) is 3. The molecule has 5 rings (SSSR count). The number of rotatable bonds is 7. The number of carbonyl (C=O) groups excluding carboxylic acids is 1. The van der Waals surface area contributed by atoms with Crippen LogP contribution in [-0.2, 0) is 17.8 Å². The van der Waals surface area contributed by atoms with Crippen molar-refractivity contribution in [3.63, 3.8) is 0 Å². The molecule has 2 aromatic heterocycles. The zero-order valence-electron chi connectivity index (χ0n) is 19.5. The van der Waals surface area contributed by atoms with Gasteiger partial charge in [0.25, 0.3) is 0 Å². The van der Waals surface area contributed by atoms with E-state index in [0.29, 0.717) is 30.4 Å². The highest BCUT2D eigenvalue weighted by Gasteiger charge is 2.22. The summed E-state index contributed by atoms with van der Waals surface area (Å²) in [5.41, 5.74) is 4.18. The predicted molar refractivity (Wildman–Crippen MR) is 131 cm³/mol. The molecule has 10 nitrogen and oxygen atoms in total. The second-order valence-corrected chi connectivity index (χ2v) is 9.24. The van der Waals surface area contributed by atoms with Gasteiger partial charge in [-0.3, -0.25) is 14.8 Å². The van der Waals surface area contributed by atoms with Gasteiger partial charge in [-0.25, -0.2) is 9.97 Å². The number of β-amino-alcohol motifs (C(OH)–C–C–N with tert-alkyl or cyclic N) is 1. The largest absolute Gasteiger partial charge is 0.390 e. The highest BCUT2D eigenvalue weighted by Crippen LogP contribution is 2.21. The third-order valence-corrected chi connectivity index (χ3v) is 6.76. The maximum absolute atomic E-state index is 11.5. The number of aliphatic hydroxyl groups is 1. The van der Waals surface area contributed by atoms with E-state index in [-0.39, 0.29) is 11.9 Å². The number of hydrogen-bond acceptors (Lipinski definition) is 8. The maximum atomic E-state index is 11.5. The summed E-state index contributed by atoms with van der Waals surface area (Å²) in [6, 6.07) is 8.74.